The zero-order chi connectivity index (χ0) is 22.5. The van der Waals surface area contributed by atoms with E-state index in [0.717, 1.165) is 0 Å². The number of H-pyrrole nitrogens is 1. The molecule has 0 bridgehead atoms. The fourth-order valence-corrected chi connectivity index (χ4v) is 3.25. The molecule has 2 aromatic carbocycles. The Morgan fingerprint density at radius 1 is 1.00 bits per heavy atom. The number of aromatic nitrogens is 1. The summed E-state index contributed by atoms with van der Waals surface area (Å²) in [5.41, 5.74) is 6.89. The Labute approximate surface area is 178 Å². The van der Waals surface area contributed by atoms with Gasteiger partial charge in [0.15, 0.2) is 0 Å². The Kier molecular flexibility index (Phi) is 6.30. The van der Waals surface area contributed by atoms with Gasteiger partial charge in [-0.25, -0.2) is 4.79 Å². The van der Waals surface area contributed by atoms with Crippen LogP contribution in [-0.4, -0.2) is 35.2 Å². The number of para-hydroxylation sites is 1. The second-order valence-electron chi connectivity index (χ2n) is 6.65. The van der Waals surface area contributed by atoms with Gasteiger partial charge in [-0.2, -0.15) is 0 Å². The van der Waals surface area contributed by atoms with Gasteiger partial charge in [0.05, 0.1) is 23.4 Å². The van der Waals surface area contributed by atoms with Gasteiger partial charge in [0, 0.05) is 11.3 Å². The molecule has 0 saturated carbocycles. The summed E-state index contributed by atoms with van der Waals surface area (Å²) >= 11 is 0. The van der Waals surface area contributed by atoms with E-state index in [9.17, 15) is 19.2 Å². The molecule has 3 aromatic rings. The number of carbonyl (C=O) groups excluding carboxylic acids is 4. The van der Waals surface area contributed by atoms with Crippen LogP contribution in [-0.2, 0) is 9.53 Å². The predicted molar refractivity (Wildman–Crippen MR) is 115 cm³/mol. The van der Waals surface area contributed by atoms with Crippen LogP contribution in [0, 0.1) is 6.92 Å². The summed E-state index contributed by atoms with van der Waals surface area (Å²) in [4.78, 5) is 52.8. The van der Waals surface area contributed by atoms with Crippen LogP contribution >= 0.6 is 0 Å². The number of anilines is 1. The van der Waals surface area contributed by atoms with Crippen LogP contribution in [0.25, 0.3) is 11.1 Å². The second-order valence-corrected chi connectivity index (χ2v) is 6.65. The molecule has 8 heteroatoms. The molecule has 4 N–H and O–H groups in total. The minimum atomic E-state index is -0.984. The molecule has 0 spiro atoms. The van der Waals surface area contributed by atoms with Crippen LogP contribution < -0.4 is 11.1 Å². The van der Waals surface area contributed by atoms with Crippen molar-refractivity contribution >= 4 is 29.3 Å². The van der Waals surface area contributed by atoms with Gasteiger partial charge in [0.1, 0.15) is 5.69 Å². The Morgan fingerprint density at radius 3 is 2.29 bits per heavy atom. The third-order valence-electron chi connectivity index (χ3n) is 4.60. The number of carbonyl (C=O) groups is 4. The highest BCUT2D eigenvalue weighted by Crippen LogP contribution is 2.31. The summed E-state index contributed by atoms with van der Waals surface area (Å²) in [7, 11) is 0. The summed E-state index contributed by atoms with van der Waals surface area (Å²) in [5.74, 6) is -3.23. The lowest BCUT2D eigenvalue weighted by Gasteiger charge is -2.10. The van der Waals surface area contributed by atoms with Crippen molar-refractivity contribution in [3.05, 3.63) is 77.1 Å². The number of primary amides is 1. The van der Waals surface area contributed by atoms with Crippen LogP contribution in [0.15, 0.2) is 54.6 Å². The monoisotopic (exact) mass is 419 g/mol. The number of esters is 1. The Balaban J connectivity index is 2.05. The summed E-state index contributed by atoms with van der Waals surface area (Å²) in [6.07, 6.45) is 0. The van der Waals surface area contributed by atoms with E-state index in [2.05, 4.69) is 10.3 Å². The van der Waals surface area contributed by atoms with Gasteiger partial charge >= 0.3 is 5.97 Å². The number of ketones is 1. The van der Waals surface area contributed by atoms with Crippen molar-refractivity contribution in [3.8, 4) is 11.1 Å². The molecule has 0 atom stereocenters. The van der Waals surface area contributed by atoms with Gasteiger partial charge in [-0.05, 0) is 31.5 Å². The third kappa shape index (κ3) is 4.37. The number of aryl methyl sites for hydroxylation is 1. The average molecular weight is 419 g/mol. The smallest absolute Gasteiger partial charge is 0.340 e. The minimum absolute atomic E-state index is 0.0548. The highest BCUT2D eigenvalue weighted by Gasteiger charge is 2.30. The van der Waals surface area contributed by atoms with Gasteiger partial charge in [-0.3, -0.25) is 14.4 Å². The summed E-state index contributed by atoms with van der Waals surface area (Å²) in [5, 5.41) is 2.43. The molecule has 0 unspecified atom stereocenters. The molecule has 0 aliphatic heterocycles. The maximum atomic E-state index is 13.1. The van der Waals surface area contributed by atoms with Gasteiger partial charge in [-0.15, -0.1) is 0 Å². The number of rotatable bonds is 7. The van der Waals surface area contributed by atoms with Gasteiger partial charge in [-0.1, -0.05) is 42.5 Å². The zero-order valence-corrected chi connectivity index (χ0v) is 17.0. The van der Waals surface area contributed by atoms with Crippen molar-refractivity contribution in [1.29, 1.82) is 0 Å². The first kappa shape index (κ1) is 21.5. The largest absolute Gasteiger partial charge is 0.462 e. The van der Waals surface area contributed by atoms with E-state index in [1.54, 1.807) is 56.3 Å². The molecule has 0 radical (unpaired) electrons. The van der Waals surface area contributed by atoms with E-state index in [4.69, 9.17) is 10.5 Å². The molecule has 2 amide bonds. The average Bonchev–Trinajstić information content (AvgIpc) is 3.11. The molecule has 0 aliphatic carbocycles. The lowest BCUT2D eigenvalue weighted by Crippen LogP contribution is -2.25. The number of aromatic amines is 1. The molecule has 0 fully saturated rings. The van der Waals surface area contributed by atoms with Crippen molar-refractivity contribution in [2.24, 2.45) is 5.73 Å². The number of hydrogen-bond donors (Lipinski definition) is 3. The molecule has 31 heavy (non-hydrogen) atoms. The first-order chi connectivity index (χ1) is 14.8. The number of Topliss-reactive ketones (excluding diaryl/α,β-unsaturated/α-hetero) is 1. The highest BCUT2D eigenvalue weighted by molar-refractivity contribution is 6.47. The van der Waals surface area contributed by atoms with E-state index in [1.165, 1.54) is 12.1 Å². The normalized spacial score (nSPS) is 10.4. The molecular formula is C23H21N3O5. The Bertz CT molecular complexity index is 1170. The molecule has 1 aromatic heterocycles. The van der Waals surface area contributed by atoms with E-state index in [1.807, 2.05) is 0 Å². The predicted octanol–water partition coefficient (Wildman–Crippen LogP) is 3.09. The van der Waals surface area contributed by atoms with Crippen molar-refractivity contribution in [1.82, 2.24) is 4.98 Å². The quantitative estimate of drug-likeness (QED) is 0.308. The fraction of sp³-hybridized carbons (Fsp3) is 0.130. The number of amides is 2. The number of benzene rings is 2. The summed E-state index contributed by atoms with van der Waals surface area (Å²) < 4.78 is 5.14. The molecule has 8 nitrogen and oxygen atoms in total. The molecule has 0 aliphatic rings. The van der Waals surface area contributed by atoms with Crippen LogP contribution in [0.3, 0.4) is 0 Å². The fourth-order valence-electron chi connectivity index (χ4n) is 3.25. The topological polar surface area (TPSA) is 131 Å². The van der Waals surface area contributed by atoms with Crippen molar-refractivity contribution in [2.75, 3.05) is 11.9 Å². The van der Waals surface area contributed by atoms with E-state index < -0.39 is 23.6 Å². The van der Waals surface area contributed by atoms with Gasteiger partial charge < -0.3 is 20.8 Å². The Morgan fingerprint density at radius 2 is 1.65 bits per heavy atom. The van der Waals surface area contributed by atoms with Crippen LogP contribution in [0.5, 0.6) is 0 Å². The number of nitrogens with one attached hydrogen (secondary N) is 2. The molecule has 1 heterocycles. The van der Waals surface area contributed by atoms with E-state index >= 15 is 0 Å². The Hall–Kier alpha value is -4.20. The van der Waals surface area contributed by atoms with E-state index in [0.29, 0.717) is 11.3 Å². The lowest BCUT2D eigenvalue weighted by atomic mass is 9.98. The first-order valence-electron chi connectivity index (χ1n) is 9.54. The first-order valence-corrected chi connectivity index (χ1v) is 9.54. The summed E-state index contributed by atoms with van der Waals surface area (Å²) in [6.45, 7) is 3.46. The minimum Gasteiger partial charge on any atom is -0.462 e. The summed E-state index contributed by atoms with van der Waals surface area (Å²) in [6, 6.07) is 14.8. The number of ether oxygens (including phenoxy) is 1. The van der Waals surface area contributed by atoms with Crippen LogP contribution in [0.4, 0.5) is 5.69 Å². The number of hydrogen-bond acceptors (Lipinski definition) is 5. The maximum Gasteiger partial charge on any atom is 0.340 e. The van der Waals surface area contributed by atoms with Crippen molar-refractivity contribution in [3.63, 3.8) is 0 Å². The SMILES string of the molecule is CCOC(=O)c1c(C)[nH]c(C(=O)C(=O)Nc2ccccc2C(N)=O)c1-c1ccccc1. The standard InChI is InChI=1S/C23H21N3O5/c1-3-31-23(30)17-13(2)25-19(18(17)14-9-5-4-6-10-14)20(27)22(29)26-16-12-8-7-11-15(16)21(24)28/h4-12,25H,3H2,1-2H3,(H2,24,28)(H,26,29). The molecule has 0 saturated heterocycles. The lowest BCUT2D eigenvalue weighted by molar-refractivity contribution is -0.112. The second kappa shape index (κ2) is 9.08. The third-order valence-corrected chi connectivity index (χ3v) is 4.60. The number of nitrogens with two attached hydrogens (primary N) is 1. The van der Waals surface area contributed by atoms with Gasteiger partial charge in [0.2, 0.25) is 0 Å². The van der Waals surface area contributed by atoms with E-state index in [-0.39, 0.29) is 34.7 Å². The maximum absolute atomic E-state index is 13.1. The highest BCUT2D eigenvalue weighted by atomic mass is 16.5. The van der Waals surface area contributed by atoms with Crippen LogP contribution in [0.2, 0.25) is 0 Å². The van der Waals surface area contributed by atoms with Gasteiger partial charge in [0.25, 0.3) is 17.6 Å². The van der Waals surface area contributed by atoms with Crippen molar-refractivity contribution in [2.45, 2.75) is 13.8 Å². The van der Waals surface area contributed by atoms with Crippen LogP contribution in [0.1, 0.15) is 43.8 Å². The molecule has 158 valence electrons. The van der Waals surface area contributed by atoms with Crippen molar-refractivity contribution < 1.29 is 23.9 Å². The zero-order valence-electron chi connectivity index (χ0n) is 17.0. The molecule has 3 rings (SSSR count). The molecular weight excluding hydrogens is 398 g/mol.